The number of primary amides is 1. The van der Waals surface area contributed by atoms with E-state index in [0.29, 0.717) is 24.9 Å². The molecule has 0 aliphatic carbocycles. The number of nitrogens with one attached hydrogen (secondary N) is 10. The van der Waals surface area contributed by atoms with Crippen molar-refractivity contribution in [2.75, 3.05) is 26.3 Å². The van der Waals surface area contributed by atoms with Gasteiger partial charge in [-0.15, -0.1) is 0 Å². The normalized spacial score (nSPS) is 14.1. The van der Waals surface area contributed by atoms with Gasteiger partial charge in [0.15, 0.2) is 5.96 Å². The number of aliphatic carboxylic acids is 2. The van der Waals surface area contributed by atoms with Gasteiger partial charge in [-0.05, 0) is 85.3 Å². The van der Waals surface area contributed by atoms with Crippen LogP contribution in [0, 0.1) is 0 Å². The molecule has 0 unspecified atom stereocenters. The Labute approximate surface area is 542 Å². The van der Waals surface area contributed by atoms with Crippen molar-refractivity contribution in [2.24, 2.45) is 33.7 Å². The number of imidazole rings is 1. The van der Waals surface area contributed by atoms with Crippen molar-refractivity contribution in [3.05, 3.63) is 108 Å². The minimum absolute atomic E-state index is 0.0603. The molecule has 0 saturated carbocycles. The highest BCUT2D eigenvalue weighted by atomic mass is 16.4. The third-order valence-corrected chi connectivity index (χ3v) is 14.2. The van der Waals surface area contributed by atoms with Crippen LogP contribution in [-0.2, 0) is 83.2 Å². The number of amides is 10. The molecule has 1 aromatic heterocycles. The van der Waals surface area contributed by atoms with E-state index in [4.69, 9.17) is 28.7 Å². The lowest BCUT2D eigenvalue weighted by Crippen LogP contribution is -2.62. The maximum absolute atomic E-state index is 14.6. The molecule has 36 heteroatoms. The van der Waals surface area contributed by atoms with Crippen LogP contribution >= 0.6 is 0 Å². The summed E-state index contributed by atoms with van der Waals surface area (Å²) >= 11 is 0. The second-order valence-electron chi connectivity index (χ2n) is 21.8. The molecule has 36 nitrogen and oxygen atoms in total. The highest BCUT2D eigenvalue weighted by Gasteiger charge is 2.37. The molecule has 0 aliphatic heterocycles. The van der Waals surface area contributed by atoms with Crippen LogP contribution in [0.25, 0.3) is 0 Å². The number of aliphatic imine (C=N–C) groups is 1. The SMILES string of the molecule is NCCCC[C@H](N)C(=O)N[C@@H](CC(N)=O)C(=O)N[C@@H](CC(=O)O)C(=O)N[C@@H](Cc1ccc(O)cc1)C(=O)N[C@@H](Cc1ccc(O)cc1)C(=O)N[C@@H](CO)C(=O)N[C@@H](CCCN=C(N)N)C(=O)N[C@@H](CO)C(=O)N[C@@H](Cc1cnc[nH]1)C(=O)N[C@@H](Cc1ccc(O)cc1)C(=O)O. The van der Waals surface area contributed by atoms with Gasteiger partial charge in [0.2, 0.25) is 59.1 Å². The van der Waals surface area contributed by atoms with Crippen LogP contribution in [0.4, 0.5) is 0 Å². The fourth-order valence-corrected chi connectivity index (χ4v) is 9.10. The van der Waals surface area contributed by atoms with Crippen LogP contribution in [0.5, 0.6) is 17.2 Å². The van der Waals surface area contributed by atoms with E-state index in [2.05, 4.69) is 62.8 Å². The summed E-state index contributed by atoms with van der Waals surface area (Å²) in [6, 6.07) is -1.48. The van der Waals surface area contributed by atoms with E-state index in [1.54, 1.807) is 0 Å². The maximum Gasteiger partial charge on any atom is 0.326 e. The van der Waals surface area contributed by atoms with E-state index in [1.165, 1.54) is 85.3 Å². The van der Waals surface area contributed by atoms with Gasteiger partial charge in [0.1, 0.15) is 71.6 Å². The average molecular weight is 1330 g/mol. The molecule has 10 amide bonds. The number of carbonyl (C=O) groups excluding carboxylic acids is 10. The van der Waals surface area contributed by atoms with Crippen molar-refractivity contribution >= 4 is 77.0 Å². The topological polar surface area (TPSA) is 626 Å². The number of carbonyl (C=O) groups is 12. The van der Waals surface area contributed by atoms with Gasteiger partial charge < -0.3 is 117 Å². The third kappa shape index (κ3) is 27.0. The zero-order valence-corrected chi connectivity index (χ0v) is 51.3. The van der Waals surface area contributed by atoms with Crippen LogP contribution in [-0.4, -0.2) is 209 Å². The lowest BCUT2D eigenvalue weighted by atomic mass is 10.0. The number of nitrogens with zero attached hydrogens (tertiary/aromatic N) is 2. The minimum Gasteiger partial charge on any atom is -0.508 e. The molecule has 0 aliphatic rings. The first-order chi connectivity index (χ1) is 45.1. The molecule has 0 spiro atoms. The number of guanidine groups is 1. The van der Waals surface area contributed by atoms with Gasteiger partial charge in [0.05, 0.1) is 38.4 Å². The predicted octanol–water partition coefficient (Wildman–Crippen LogP) is -6.91. The van der Waals surface area contributed by atoms with Gasteiger partial charge in [0.25, 0.3) is 0 Å². The summed E-state index contributed by atoms with van der Waals surface area (Å²) in [5, 5.41) is 91.7. The molecule has 4 rings (SSSR count). The summed E-state index contributed by atoms with van der Waals surface area (Å²) in [6.07, 6.45) is -0.248. The van der Waals surface area contributed by atoms with E-state index in [0.717, 1.165) is 0 Å². The first-order valence-corrected chi connectivity index (χ1v) is 29.6. The third-order valence-electron chi connectivity index (χ3n) is 14.2. The standard InChI is InChI=1S/C59H81N17O19/c60-18-2-1-4-37(61)49(85)69-42(24-47(62)82)54(90)73-43(25-48(83)84)55(91)71-39(20-30-6-12-34(79)13-7-30)51(87)70-40(21-31-8-14-35(80)15-9-31)52(88)76-45(27-77)56(92)68-38(5-3-19-66-59(63)64)50(86)75-46(28-78)57(93)72-41(23-33-26-65-29-67-33)53(89)74-44(58(94)95)22-32-10-16-36(81)17-11-32/h6-17,26,29,37-46,77-81H,1-5,18-25,27-28,60-61H2,(H2,62,82)(H,65,67)(H,68,92)(H,69,85)(H,70,87)(H,71,91)(H,72,93)(H,73,90)(H,74,89)(H,75,86)(H,76,88)(H,83,84)(H,94,95)(H4,63,64,66)/t37-,38-,39-,40-,41-,42-,43-,44-,45-,46-/m0/s1. The number of carboxylic acids is 2. The Morgan fingerprint density at radius 3 is 1.22 bits per heavy atom. The number of aliphatic hydroxyl groups excluding tert-OH is 2. The molecule has 95 heavy (non-hydrogen) atoms. The molecular weight excluding hydrogens is 1250 g/mol. The molecule has 3 aromatic carbocycles. The second kappa shape index (κ2) is 38.8. The number of aliphatic hydroxyl groups is 2. The van der Waals surface area contributed by atoms with Crippen molar-refractivity contribution in [1.29, 1.82) is 0 Å². The maximum atomic E-state index is 14.6. The van der Waals surface area contributed by atoms with E-state index < -0.39 is 170 Å². The summed E-state index contributed by atoms with van der Waals surface area (Å²) in [4.78, 5) is 173. The van der Waals surface area contributed by atoms with Gasteiger partial charge in [-0.25, -0.2) is 9.78 Å². The quantitative estimate of drug-likeness (QED) is 0.0112. The van der Waals surface area contributed by atoms with Crippen LogP contribution in [0.2, 0.25) is 0 Å². The predicted molar refractivity (Wildman–Crippen MR) is 334 cm³/mol. The first-order valence-electron chi connectivity index (χ1n) is 29.6. The number of hydrogen-bond donors (Lipinski definition) is 22. The van der Waals surface area contributed by atoms with Gasteiger partial charge in [-0.2, -0.15) is 0 Å². The van der Waals surface area contributed by atoms with Crippen LogP contribution in [0.3, 0.4) is 0 Å². The molecular formula is C59H81N17O19. The van der Waals surface area contributed by atoms with E-state index >= 15 is 0 Å². The number of hydrogen-bond acceptors (Lipinski definition) is 21. The van der Waals surface area contributed by atoms with Gasteiger partial charge in [-0.3, -0.25) is 57.7 Å². The number of aromatic amines is 1. The number of aromatic nitrogens is 2. The van der Waals surface area contributed by atoms with Crippen molar-refractivity contribution < 1.29 is 93.3 Å². The van der Waals surface area contributed by atoms with Crippen molar-refractivity contribution in [3.8, 4) is 17.2 Å². The molecule has 1 heterocycles. The smallest absolute Gasteiger partial charge is 0.326 e. The van der Waals surface area contributed by atoms with Crippen LogP contribution in [0.15, 0.2) is 90.3 Å². The van der Waals surface area contributed by atoms with Gasteiger partial charge >= 0.3 is 11.9 Å². The van der Waals surface area contributed by atoms with Crippen LogP contribution in [0.1, 0.15) is 67.3 Å². The Bertz CT molecular complexity index is 3280. The minimum atomic E-state index is -2.04. The number of aromatic hydroxyl groups is 3. The Morgan fingerprint density at radius 1 is 0.453 bits per heavy atom. The molecule has 0 bridgehead atoms. The lowest BCUT2D eigenvalue weighted by molar-refractivity contribution is -0.142. The monoisotopic (exact) mass is 1330 g/mol. The van der Waals surface area contributed by atoms with E-state index in [9.17, 15) is 93.3 Å². The number of phenolic OH excluding ortho intramolecular Hbond substituents is 3. The Morgan fingerprint density at radius 2 is 0.821 bits per heavy atom. The molecule has 0 saturated heterocycles. The second-order valence-corrected chi connectivity index (χ2v) is 21.8. The Kier molecular flexibility index (Phi) is 31.2. The average Bonchev–Trinajstić information content (AvgIpc) is 1.09. The zero-order chi connectivity index (χ0) is 70.3. The Balaban J connectivity index is 1.62. The fraction of sp³-hybridized carbons (Fsp3) is 0.424. The number of benzene rings is 3. The molecule has 0 fully saturated rings. The molecule has 516 valence electrons. The summed E-state index contributed by atoms with van der Waals surface area (Å²) in [5.74, 6) is -15.6. The van der Waals surface area contributed by atoms with Gasteiger partial charge in [0, 0.05) is 44.1 Å². The van der Waals surface area contributed by atoms with Gasteiger partial charge in [-0.1, -0.05) is 42.8 Å². The molecule has 4 aromatic rings. The summed E-state index contributed by atoms with van der Waals surface area (Å²) in [7, 11) is 0. The summed E-state index contributed by atoms with van der Waals surface area (Å²) in [6.45, 7) is -2.16. The number of phenols is 3. The molecule has 10 atom stereocenters. The Hall–Kier alpha value is -11.0. The van der Waals surface area contributed by atoms with E-state index in [1.807, 2.05) is 0 Å². The number of unbranched alkanes of at least 4 members (excludes halogenated alkanes) is 1. The number of rotatable bonds is 41. The fourth-order valence-electron chi connectivity index (χ4n) is 9.10. The van der Waals surface area contributed by atoms with Crippen molar-refractivity contribution in [1.82, 2.24) is 57.8 Å². The summed E-state index contributed by atoms with van der Waals surface area (Å²) < 4.78 is 0. The summed E-state index contributed by atoms with van der Waals surface area (Å²) in [5.41, 5.74) is 29.0. The highest BCUT2D eigenvalue weighted by Crippen LogP contribution is 2.16. The first kappa shape index (κ1) is 76.5. The van der Waals surface area contributed by atoms with Crippen molar-refractivity contribution in [3.63, 3.8) is 0 Å². The zero-order valence-electron chi connectivity index (χ0n) is 51.3. The van der Waals surface area contributed by atoms with Crippen molar-refractivity contribution in [2.45, 2.75) is 131 Å². The largest absolute Gasteiger partial charge is 0.508 e. The number of carboxylic acid groups (broad SMARTS) is 2. The highest BCUT2D eigenvalue weighted by molar-refractivity contribution is 6.00. The molecule has 27 N–H and O–H groups in total. The lowest BCUT2D eigenvalue weighted by Gasteiger charge is -2.28. The van der Waals surface area contributed by atoms with Crippen LogP contribution < -0.4 is 76.5 Å². The number of nitrogens with two attached hydrogens (primary N) is 5. The van der Waals surface area contributed by atoms with E-state index in [-0.39, 0.29) is 78.7 Å². The molecule has 0 radical (unpaired) electrons. The number of H-pyrrole nitrogens is 1.